The number of aromatic nitrogens is 1. The predicted molar refractivity (Wildman–Crippen MR) is 66.8 cm³/mol. The van der Waals surface area contributed by atoms with E-state index >= 15 is 0 Å². The molecule has 0 aliphatic carbocycles. The third-order valence-electron chi connectivity index (χ3n) is 2.24. The van der Waals surface area contributed by atoms with Crippen LogP contribution >= 0.6 is 0 Å². The summed E-state index contributed by atoms with van der Waals surface area (Å²) in [5, 5.41) is 4.72. The molecule has 5 nitrogen and oxygen atoms in total. The Kier molecular flexibility index (Phi) is 3.00. The number of benzene rings is 1. The minimum Gasteiger partial charge on any atom is -0.350 e. The first kappa shape index (κ1) is 11.1. The number of carbonyl (C=O) groups is 1. The largest absolute Gasteiger partial charge is 0.350 e. The van der Waals surface area contributed by atoms with E-state index in [2.05, 4.69) is 15.5 Å². The SMILES string of the molecule is Cc1ccc2cc(/C=N/NC(N)=O)ccc2n1. The Balaban J connectivity index is 2.29. The smallest absolute Gasteiger partial charge is 0.332 e. The molecule has 2 amide bonds. The summed E-state index contributed by atoms with van der Waals surface area (Å²) in [6, 6.07) is 8.99. The molecule has 0 saturated carbocycles. The lowest BCUT2D eigenvalue weighted by atomic mass is 10.1. The summed E-state index contributed by atoms with van der Waals surface area (Å²) in [6.45, 7) is 1.95. The molecule has 0 atom stereocenters. The van der Waals surface area contributed by atoms with Crippen LogP contribution < -0.4 is 11.2 Å². The molecule has 2 aromatic rings. The number of hydrazone groups is 1. The highest BCUT2D eigenvalue weighted by Gasteiger charge is 1.96. The lowest BCUT2D eigenvalue weighted by Crippen LogP contribution is -2.24. The topological polar surface area (TPSA) is 80.4 Å². The van der Waals surface area contributed by atoms with Crippen LogP contribution in [0.5, 0.6) is 0 Å². The Hall–Kier alpha value is -2.43. The number of fused-ring (bicyclic) bond motifs is 1. The second kappa shape index (κ2) is 4.61. The molecule has 3 N–H and O–H groups in total. The standard InChI is InChI=1S/C12H12N4O/c1-8-2-4-10-6-9(3-5-11(10)15-8)7-14-16-12(13)17/h2-7H,1H3,(H3,13,16,17)/b14-7+. The lowest BCUT2D eigenvalue weighted by Gasteiger charge is -2.00. The van der Waals surface area contributed by atoms with Crippen molar-refractivity contribution in [3.8, 4) is 0 Å². The van der Waals surface area contributed by atoms with Gasteiger partial charge in [0.1, 0.15) is 0 Å². The molecule has 1 heterocycles. The van der Waals surface area contributed by atoms with Gasteiger partial charge in [-0.25, -0.2) is 10.2 Å². The molecule has 2 rings (SSSR count). The predicted octanol–water partition coefficient (Wildman–Crippen LogP) is 1.55. The van der Waals surface area contributed by atoms with Crippen molar-refractivity contribution in [1.29, 1.82) is 0 Å². The maximum atomic E-state index is 10.4. The van der Waals surface area contributed by atoms with Gasteiger partial charge in [0.25, 0.3) is 0 Å². The average Bonchev–Trinajstić information content (AvgIpc) is 2.29. The number of nitrogens with one attached hydrogen (secondary N) is 1. The molecule has 0 radical (unpaired) electrons. The summed E-state index contributed by atoms with van der Waals surface area (Å²) in [5.41, 5.74) is 9.82. The number of hydrogen-bond acceptors (Lipinski definition) is 3. The maximum absolute atomic E-state index is 10.4. The van der Waals surface area contributed by atoms with E-state index in [1.54, 1.807) is 0 Å². The van der Waals surface area contributed by atoms with Crippen molar-refractivity contribution in [3.63, 3.8) is 0 Å². The zero-order valence-electron chi connectivity index (χ0n) is 9.34. The maximum Gasteiger partial charge on any atom is 0.332 e. The number of primary amides is 1. The Labute approximate surface area is 98.3 Å². The van der Waals surface area contributed by atoms with E-state index in [9.17, 15) is 4.79 Å². The molecular formula is C12H12N4O. The zero-order valence-corrected chi connectivity index (χ0v) is 9.34. The molecule has 86 valence electrons. The summed E-state index contributed by atoms with van der Waals surface area (Å²) >= 11 is 0. The van der Waals surface area contributed by atoms with Crippen LogP contribution in [0.1, 0.15) is 11.3 Å². The van der Waals surface area contributed by atoms with Gasteiger partial charge < -0.3 is 5.73 Å². The number of aryl methyl sites for hydroxylation is 1. The van der Waals surface area contributed by atoms with Crippen LogP contribution in [-0.4, -0.2) is 17.2 Å². The Morgan fingerprint density at radius 3 is 3.00 bits per heavy atom. The molecule has 0 fully saturated rings. The van der Waals surface area contributed by atoms with Gasteiger partial charge in [0, 0.05) is 11.1 Å². The van der Waals surface area contributed by atoms with Crippen LogP contribution in [0.4, 0.5) is 4.79 Å². The van der Waals surface area contributed by atoms with Gasteiger partial charge in [0.15, 0.2) is 0 Å². The van der Waals surface area contributed by atoms with Gasteiger partial charge >= 0.3 is 6.03 Å². The second-order valence-corrected chi connectivity index (χ2v) is 3.64. The molecule has 0 aliphatic heterocycles. The molecule has 5 heteroatoms. The Bertz CT molecular complexity index is 592. The van der Waals surface area contributed by atoms with Crippen LogP contribution in [-0.2, 0) is 0 Å². The van der Waals surface area contributed by atoms with Gasteiger partial charge in [-0.3, -0.25) is 4.98 Å². The van der Waals surface area contributed by atoms with Gasteiger partial charge in [-0.05, 0) is 30.7 Å². The van der Waals surface area contributed by atoms with E-state index in [0.717, 1.165) is 22.2 Å². The average molecular weight is 228 g/mol. The number of urea groups is 1. The van der Waals surface area contributed by atoms with Gasteiger partial charge in [-0.1, -0.05) is 12.1 Å². The van der Waals surface area contributed by atoms with E-state index in [1.807, 2.05) is 37.3 Å². The van der Waals surface area contributed by atoms with Crippen molar-refractivity contribution in [2.45, 2.75) is 6.92 Å². The van der Waals surface area contributed by atoms with Gasteiger partial charge in [0.2, 0.25) is 0 Å². The first-order valence-corrected chi connectivity index (χ1v) is 5.11. The van der Waals surface area contributed by atoms with Crippen LogP contribution in [0, 0.1) is 6.92 Å². The molecular weight excluding hydrogens is 216 g/mol. The number of amides is 2. The molecule has 0 bridgehead atoms. The quantitative estimate of drug-likeness (QED) is 0.604. The zero-order chi connectivity index (χ0) is 12.3. The minimum absolute atomic E-state index is 0.681. The van der Waals surface area contributed by atoms with E-state index < -0.39 is 6.03 Å². The minimum atomic E-state index is -0.681. The molecule has 1 aromatic heterocycles. The fourth-order valence-electron chi connectivity index (χ4n) is 1.50. The molecule has 1 aromatic carbocycles. The highest BCUT2D eigenvalue weighted by atomic mass is 16.2. The van der Waals surface area contributed by atoms with Crippen LogP contribution in [0.3, 0.4) is 0 Å². The summed E-state index contributed by atoms with van der Waals surface area (Å²) < 4.78 is 0. The molecule has 0 spiro atoms. The Morgan fingerprint density at radius 2 is 2.24 bits per heavy atom. The summed E-state index contributed by atoms with van der Waals surface area (Å²) in [4.78, 5) is 14.8. The lowest BCUT2D eigenvalue weighted by molar-refractivity contribution is 0.249. The normalized spacial score (nSPS) is 10.9. The van der Waals surface area contributed by atoms with Crippen LogP contribution in [0.2, 0.25) is 0 Å². The number of pyridine rings is 1. The second-order valence-electron chi connectivity index (χ2n) is 3.64. The van der Waals surface area contributed by atoms with E-state index in [-0.39, 0.29) is 0 Å². The number of carbonyl (C=O) groups excluding carboxylic acids is 1. The first-order chi connectivity index (χ1) is 8.15. The monoisotopic (exact) mass is 228 g/mol. The van der Waals surface area contributed by atoms with Crippen molar-refractivity contribution in [3.05, 3.63) is 41.6 Å². The van der Waals surface area contributed by atoms with Crippen molar-refractivity contribution in [2.75, 3.05) is 0 Å². The summed E-state index contributed by atoms with van der Waals surface area (Å²) in [7, 11) is 0. The molecule has 0 unspecified atom stereocenters. The third kappa shape index (κ3) is 2.78. The number of hydrogen-bond donors (Lipinski definition) is 2. The highest BCUT2D eigenvalue weighted by molar-refractivity contribution is 5.89. The Morgan fingerprint density at radius 1 is 1.41 bits per heavy atom. The number of nitrogens with zero attached hydrogens (tertiary/aromatic N) is 2. The van der Waals surface area contributed by atoms with E-state index in [4.69, 9.17) is 5.73 Å². The van der Waals surface area contributed by atoms with Crippen molar-refractivity contribution >= 4 is 23.1 Å². The highest BCUT2D eigenvalue weighted by Crippen LogP contribution is 2.13. The van der Waals surface area contributed by atoms with Crippen molar-refractivity contribution in [2.24, 2.45) is 10.8 Å². The molecule has 17 heavy (non-hydrogen) atoms. The van der Waals surface area contributed by atoms with Gasteiger partial charge in [-0.2, -0.15) is 5.10 Å². The van der Waals surface area contributed by atoms with E-state index in [1.165, 1.54) is 6.21 Å². The fourth-order valence-corrected chi connectivity index (χ4v) is 1.50. The first-order valence-electron chi connectivity index (χ1n) is 5.11. The van der Waals surface area contributed by atoms with Crippen molar-refractivity contribution < 1.29 is 4.79 Å². The van der Waals surface area contributed by atoms with Crippen LogP contribution in [0.15, 0.2) is 35.4 Å². The van der Waals surface area contributed by atoms with Gasteiger partial charge in [-0.15, -0.1) is 0 Å². The molecule has 0 saturated heterocycles. The third-order valence-corrected chi connectivity index (χ3v) is 2.24. The van der Waals surface area contributed by atoms with Crippen LogP contribution in [0.25, 0.3) is 10.9 Å². The van der Waals surface area contributed by atoms with Gasteiger partial charge in [0.05, 0.1) is 11.7 Å². The van der Waals surface area contributed by atoms with E-state index in [0.29, 0.717) is 0 Å². The van der Waals surface area contributed by atoms with Crippen molar-refractivity contribution in [1.82, 2.24) is 10.4 Å². The summed E-state index contributed by atoms with van der Waals surface area (Å²) in [5.74, 6) is 0. The number of nitrogens with two attached hydrogens (primary N) is 1. The molecule has 0 aliphatic rings. The fraction of sp³-hybridized carbons (Fsp3) is 0.0833. The number of rotatable bonds is 2. The summed E-state index contributed by atoms with van der Waals surface area (Å²) in [6.07, 6.45) is 1.53.